The molecule has 0 saturated carbocycles. The van der Waals surface area contributed by atoms with Crippen LogP contribution in [0.25, 0.3) is 0 Å². The number of hydrogen-bond donors (Lipinski definition) is 0. The molecule has 1 nitrogen and oxygen atoms in total. The average Bonchev–Trinajstić information content (AvgIpc) is 2.19. The van der Waals surface area contributed by atoms with Crippen LogP contribution in [0.3, 0.4) is 0 Å². The van der Waals surface area contributed by atoms with E-state index in [2.05, 4.69) is 45.1 Å². The smallest absolute Gasteiger partial charge is 0.0249 e. The van der Waals surface area contributed by atoms with Crippen LogP contribution in [0.1, 0.15) is 40.5 Å². The first kappa shape index (κ1) is 15.4. The van der Waals surface area contributed by atoms with Crippen LogP contribution in [0.4, 0.5) is 0 Å². The predicted molar refractivity (Wildman–Crippen MR) is 67.8 cm³/mol. The molecule has 0 amide bonds. The fraction of sp³-hybridized carbons (Fsp3) is 0.462. The first-order chi connectivity index (χ1) is 6.62. The van der Waals surface area contributed by atoms with Gasteiger partial charge < -0.3 is 0 Å². The van der Waals surface area contributed by atoms with E-state index in [1.807, 2.05) is 13.0 Å². The highest BCUT2D eigenvalue weighted by Gasteiger charge is 1.75. The molecular formula is C13H23N. The molecule has 0 atom stereocenters. The maximum Gasteiger partial charge on any atom is 0.0249 e. The monoisotopic (exact) mass is 193 g/mol. The Labute approximate surface area is 89.0 Å². The van der Waals surface area contributed by atoms with Gasteiger partial charge >= 0.3 is 0 Å². The highest BCUT2D eigenvalue weighted by molar-refractivity contribution is 5.26. The van der Waals surface area contributed by atoms with Crippen molar-refractivity contribution in [2.75, 3.05) is 0 Å². The van der Waals surface area contributed by atoms with Crippen LogP contribution in [-0.4, -0.2) is 6.72 Å². The average molecular weight is 193 g/mol. The van der Waals surface area contributed by atoms with E-state index in [1.165, 1.54) is 11.1 Å². The van der Waals surface area contributed by atoms with E-state index >= 15 is 0 Å². The standard InChI is InChI=1S/C7H12.C6H11N/c1-4-6-7(3)5-2;1-4-6(2)5-7-3/h5-6H,2,4H2,1,3H3;5H,3-4H2,1-2H3/b7-6+;6-5+. The summed E-state index contributed by atoms with van der Waals surface area (Å²) in [5.74, 6) is 0. The molecule has 0 bridgehead atoms. The van der Waals surface area contributed by atoms with E-state index in [4.69, 9.17) is 0 Å². The predicted octanol–water partition coefficient (Wildman–Crippen LogP) is 4.53. The second-order valence-electron chi connectivity index (χ2n) is 3.07. The minimum atomic E-state index is 1.07. The molecule has 0 spiro atoms. The number of allylic oxidation sites excluding steroid dienone is 4. The van der Waals surface area contributed by atoms with Crippen molar-refractivity contribution in [3.05, 3.63) is 36.1 Å². The summed E-state index contributed by atoms with van der Waals surface area (Å²) >= 11 is 0. The lowest BCUT2D eigenvalue weighted by molar-refractivity contribution is 1.09. The molecule has 0 aliphatic carbocycles. The van der Waals surface area contributed by atoms with E-state index in [1.54, 1.807) is 6.20 Å². The third-order valence-electron chi connectivity index (χ3n) is 1.72. The quantitative estimate of drug-likeness (QED) is 0.459. The number of nitrogens with zero attached hydrogens (tertiary/aromatic N) is 1. The van der Waals surface area contributed by atoms with E-state index in [-0.39, 0.29) is 0 Å². The van der Waals surface area contributed by atoms with Crippen molar-refractivity contribution in [3.8, 4) is 0 Å². The Kier molecular flexibility index (Phi) is 13.1. The molecule has 0 radical (unpaired) electrons. The van der Waals surface area contributed by atoms with Crippen molar-refractivity contribution in [2.45, 2.75) is 40.5 Å². The summed E-state index contributed by atoms with van der Waals surface area (Å²) in [6, 6.07) is 0. The molecule has 0 N–H and O–H groups in total. The minimum Gasteiger partial charge on any atom is -0.273 e. The maximum atomic E-state index is 3.61. The molecule has 0 aliphatic heterocycles. The second-order valence-corrected chi connectivity index (χ2v) is 3.07. The van der Waals surface area contributed by atoms with Gasteiger partial charge in [0.1, 0.15) is 0 Å². The van der Waals surface area contributed by atoms with E-state index in [0.717, 1.165) is 12.8 Å². The molecule has 0 fully saturated rings. The van der Waals surface area contributed by atoms with E-state index in [9.17, 15) is 0 Å². The van der Waals surface area contributed by atoms with Gasteiger partial charge in [-0.1, -0.05) is 43.7 Å². The number of aliphatic imine (C=N–C) groups is 1. The molecule has 0 saturated heterocycles. The van der Waals surface area contributed by atoms with Crippen molar-refractivity contribution >= 4 is 6.72 Å². The molecule has 0 aromatic rings. The fourth-order valence-electron chi connectivity index (χ4n) is 0.652. The summed E-state index contributed by atoms with van der Waals surface area (Å²) in [6.07, 6.45) is 7.97. The van der Waals surface area contributed by atoms with Crippen LogP contribution >= 0.6 is 0 Å². The van der Waals surface area contributed by atoms with Crippen LogP contribution in [0.2, 0.25) is 0 Å². The molecule has 0 aromatic carbocycles. The van der Waals surface area contributed by atoms with Crippen molar-refractivity contribution in [1.82, 2.24) is 0 Å². The van der Waals surface area contributed by atoms with Crippen LogP contribution in [0.5, 0.6) is 0 Å². The van der Waals surface area contributed by atoms with Gasteiger partial charge in [-0.3, -0.25) is 4.99 Å². The topological polar surface area (TPSA) is 12.4 Å². The number of hydrogen-bond acceptors (Lipinski definition) is 1. The Morgan fingerprint density at radius 2 is 1.86 bits per heavy atom. The van der Waals surface area contributed by atoms with Gasteiger partial charge in [0.25, 0.3) is 0 Å². The van der Waals surface area contributed by atoms with Crippen molar-refractivity contribution < 1.29 is 0 Å². The van der Waals surface area contributed by atoms with Crippen LogP contribution < -0.4 is 0 Å². The Hall–Kier alpha value is -1.11. The zero-order valence-corrected chi connectivity index (χ0v) is 10.0. The lowest BCUT2D eigenvalue weighted by Crippen LogP contribution is -1.65. The molecule has 0 heterocycles. The molecule has 1 heteroatoms. The van der Waals surface area contributed by atoms with Crippen molar-refractivity contribution in [2.24, 2.45) is 4.99 Å². The van der Waals surface area contributed by atoms with Gasteiger partial charge in [-0.2, -0.15) is 0 Å². The lowest BCUT2D eigenvalue weighted by atomic mass is 10.2. The Bertz CT molecular complexity index is 209. The summed E-state index contributed by atoms with van der Waals surface area (Å²) in [4.78, 5) is 3.59. The molecule has 0 unspecified atom stereocenters. The largest absolute Gasteiger partial charge is 0.273 e. The lowest BCUT2D eigenvalue weighted by Gasteiger charge is -1.85. The van der Waals surface area contributed by atoms with Gasteiger partial charge in [0, 0.05) is 6.20 Å². The molecule has 14 heavy (non-hydrogen) atoms. The third kappa shape index (κ3) is 13.5. The van der Waals surface area contributed by atoms with E-state index < -0.39 is 0 Å². The van der Waals surface area contributed by atoms with Gasteiger partial charge in [0.05, 0.1) is 0 Å². The van der Waals surface area contributed by atoms with Gasteiger partial charge in [0.2, 0.25) is 0 Å². The number of rotatable bonds is 4. The van der Waals surface area contributed by atoms with Gasteiger partial charge in [-0.25, -0.2) is 0 Å². The second kappa shape index (κ2) is 11.9. The first-order valence-electron chi connectivity index (χ1n) is 5.02. The molecule has 0 rings (SSSR count). The SMILES string of the molecule is C=C/C(C)=C/CC.C=N/C=C(\C)CC. The summed E-state index contributed by atoms with van der Waals surface area (Å²) in [5.41, 5.74) is 2.54. The summed E-state index contributed by atoms with van der Waals surface area (Å²) in [7, 11) is 0. The zero-order valence-electron chi connectivity index (χ0n) is 10.0. The third-order valence-corrected chi connectivity index (χ3v) is 1.72. The summed E-state index contributed by atoms with van der Waals surface area (Å²) < 4.78 is 0. The Morgan fingerprint density at radius 3 is 2.00 bits per heavy atom. The van der Waals surface area contributed by atoms with Gasteiger partial charge in [-0.05, 0) is 33.4 Å². The van der Waals surface area contributed by atoms with Crippen LogP contribution in [0, 0.1) is 0 Å². The molecule has 0 aliphatic rings. The van der Waals surface area contributed by atoms with E-state index in [0.29, 0.717) is 0 Å². The minimum absolute atomic E-state index is 1.07. The Balaban J connectivity index is 0. The molecular weight excluding hydrogens is 170 g/mol. The van der Waals surface area contributed by atoms with Crippen LogP contribution in [-0.2, 0) is 0 Å². The Morgan fingerprint density at radius 1 is 1.29 bits per heavy atom. The van der Waals surface area contributed by atoms with Crippen LogP contribution in [0.15, 0.2) is 41.1 Å². The molecule has 80 valence electrons. The van der Waals surface area contributed by atoms with Crippen molar-refractivity contribution in [1.29, 1.82) is 0 Å². The van der Waals surface area contributed by atoms with Crippen molar-refractivity contribution in [3.63, 3.8) is 0 Å². The highest BCUT2D eigenvalue weighted by Crippen LogP contribution is 1.95. The normalized spacial score (nSPS) is 11.4. The van der Waals surface area contributed by atoms with Gasteiger partial charge in [0.15, 0.2) is 0 Å². The first-order valence-corrected chi connectivity index (χ1v) is 5.02. The summed E-state index contributed by atoms with van der Waals surface area (Å²) in [5, 5.41) is 0. The summed E-state index contributed by atoms with van der Waals surface area (Å²) in [6.45, 7) is 15.2. The maximum absolute atomic E-state index is 3.61. The van der Waals surface area contributed by atoms with Gasteiger partial charge in [-0.15, -0.1) is 0 Å². The fourth-order valence-corrected chi connectivity index (χ4v) is 0.652. The zero-order chi connectivity index (χ0) is 11.4. The highest BCUT2D eigenvalue weighted by atomic mass is 14.6. The molecule has 0 aromatic heterocycles.